The Morgan fingerprint density at radius 2 is 2.00 bits per heavy atom. The van der Waals surface area contributed by atoms with Crippen LogP contribution in [-0.2, 0) is 0 Å². The van der Waals surface area contributed by atoms with Crippen molar-refractivity contribution in [2.24, 2.45) is 0 Å². The van der Waals surface area contributed by atoms with E-state index in [1.807, 2.05) is 24.3 Å². The van der Waals surface area contributed by atoms with Gasteiger partial charge in [0.25, 0.3) is 0 Å². The largest absolute Gasteiger partial charge is 0.497 e. The van der Waals surface area contributed by atoms with Crippen molar-refractivity contribution < 1.29 is 9.47 Å². The first-order valence-corrected chi connectivity index (χ1v) is 6.39. The molecule has 0 spiro atoms. The van der Waals surface area contributed by atoms with Crippen molar-refractivity contribution in [2.45, 2.75) is 31.7 Å². The molecule has 1 N–H and O–H groups in total. The molecule has 1 saturated carbocycles. The molecule has 17 heavy (non-hydrogen) atoms. The lowest BCUT2D eigenvalue weighted by molar-refractivity contribution is 0.303. The molecule has 0 heterocycles. The van der Waals surface area contributed by atoms with E-state index in [1.54, 1.807) is 7.11 Å². The van der Waals surface area contributed by atoms with E-state index in [-0.39, 0.29) is 0 Å². The Balaban J connectivity index is 1.66. The predicted molar refractivity (Wildman–Crippen MR) is 68.7 cm³/mol. The maximum atomic E-state index is 5.67. The number of ether oxygens (including phenoxy) is 2. The van der Waals surface area contributed by atoms with Gasteiger partial charge in [-0.05, 0) is 25.0 Å². The third kappa shape index (κ3) is 3.93. The van der Waals surface area contributed by atoms with E-state index >= 15 is 0 Å². The van der Waals surface area contributed by atoms with Crippen LogP contribution >= 0.6 is 0 Å². The Labute approximate surface area is 103 Å². The Bertz CT molecular complexity index is 335. The number of hydrogen-bond acceptors (Lipinski definition) is 3. The molecule has 0 bridgehead atoms. The van der Waals surface area contributed by atoms with Crippen molar-refractivity contribution in [3.8, 4) is 11.5 Å². The first-order chi connectivity index (χ1) is 8.38. The van der Waals surface area contributed by atoms with Crippen LogP contribution in [-0.4, -0.2) is 26.3 Å². The first kappa shape index (κ1) is 12.2. The second-order valence-electron chi connectivity index (χ2n) is 4.46. The van der Waals surface area contributed by atoms with E-state index in [2.05, 4.69) is 5.32 Å². The first-order valence-electron chi connectivity index (χ1n) is 6.39. The van der Waals surface area contributed by atoms with Gasteiger partial charge in [0.05, 0.1) is 7.11 Å². The molecule has 2 rings (SSSR count). The highest BCUT2D eigenvalue weighted by molar-refractivity contribution is 5.32. The molecule has 1 aliphatic rings. The zero-order valence-electron chi connectivity index (χ0n) is 10.4. The van der Waals surface area contributed by atoms with Crippen LogP contribution in [0.1, 0.15) is 25.7 Å². The second kappa shape index (κ2) is 6.50. The lowest BCUT2D eigenvalue weighted by Crippen LogP contribution is -2.30. The molecular weight excluding hydrogens is 214 g/mol. The molecule has 3 heteroatoms. The Kier molecular flexibility index (Phi) is 4.68. The van der Waals surface area contributed by atoms with Crippen LogP contribution in [0.2, 0.25) is 0 Å². The van der Waals surface area contributed by atoms with Crippen LogP contribution in [0, 0.1) is 0 Å². The number of hydrogen-bond donors (Lipinski definition) is 1. The molecular formula is C14H21NO2. The summed E-state index contributed by atoms with van der Waals surface area (Å²) in [4.78, 5) is 0. The molecule has 1 aromatic rings. The second-order valence-corrected chi connectivity index (χ2v) is 4.46. The Morgan fingerprint density at radius 1 is 1.24 bits per heavy atom. The van der Waals surface area contributed by atoms with E-state index in [4.69, 9.17) is 9.47 Å². The molecule has 0 amide bonds. The summed E-state index contributed by atoms with van der Waals surface area (Å²) in [5, 5.41) is 3.52. The van der Waals surface area contributed by atoms with Gasteiger partial charge in [-0.25, -0.2) is 0 Å². The predicted octanol–water partition coefficient (Wildman–Crippen LogP) is 2.61. The van der Waals surface area contributed by atoms with Crippen molar-refractivity contribution in [1.29, 1.82) is 0 Å². The van der Waals surface area contributed by atoms with E-state index < -0.39 is 0 Å². The molecule has 1 aliphatic carbocycles. The molecule has 3 nitrogen and oxygen atoms in total. The zero-order chi connectivity index (χ0) is 11.9. The van der Waals surface area contributed by atoms with Gasteiger partial charge in [-0.1, -0.05) is 18.9 Å². The van der Waals surface area contributed by atoms with Gasteiger partial charge in [-0.2, -0.15) is 0 Å². The highest BCUT2D eigenvalue weighted by Crippen LogP contribution is 2.19. The number of rotatable bonds is 6. The van der Waals surface area contributed by atoms with E-state index in [0.29, 0.717) is 12.6 Å². The average Bonchev–Trinajstić information content (AvgIpc) is 2.88. The van der Waals surface area contributed by atoms with E-state index in [9.17, 15) is 0 Å². The molecule has 0 radical (unpaired) electrons. The van der Waals surface area contributed by atoms with E-state index in [1.165, 1.54) is 25.7 Å². The normalized spacial score (nSPS) is 16.1. The maximum absolute atomic E-state index is 5.67. The fraction of sp³-hybridized carbons (Fsp3) is 0.571. The van der Waals surface area contributed by atoms with Crippen molar-refractivity contribution >= 4 is 0 Å². The van der Waals surface area contributed by atoms with Gasteiger partial charge in [0, 0.05) is 18.7 Å². The minimum atomic E-state index is 0.712. The summed E-state index contributed by atoms with van der Waals surface area (Å²) >= 11 is 0. The summed E-state index contributed by atoms with van der Waals surface area (Å²) in [6.07, 6.45) is 5.38. The van der Waals surface area contributed by atoms with Crippen molar-refractivity contribution in [3.63, 3.8) is 0 Å². The van der Waals surface area contributed by atoms with Crippen LogP contribution < -0.4 is 14.8 Å². The average molecular weight is 235 g/mol. The van der Waals surface area contributed by atoms with Gasteiger partial charge < -0.3 is 14.8 Å². The smallest absolute Gasteiger partial charge is 0.123 e. The van der Waals surface area contributed by atoms with Crippen LogP contribution in [0.15, 0.2) is 24.3 Å². The molecule has 94 valence electrons. The highest BCUT2D eigenvalue weighted by Gasteiger charge is 2.13. The standard InChI is InChI=1S/C14H21NO2/c1-16-13-7-4-8-14(11-13)17-10-9-15-12-5-2-3-6-12/h4,7-8,11-12,15H,2-3,5-6,9-10H2,1H3. The van der Waals surface area contributed by atoms with Gasteiger partial charge in [0.15, 0.2) is 0 Å². The Hall–Kier alpha value is -1.22. The van der Waals surface area contributed by atoms with Crippen LogP contribution in [0.25, 0.3) is 0 Å². The van der Waals surface area contributed by atoms with Gasteiger partial charge >= 0.3 is 0 Å². The quantitative estimate of drug-likeness (QED) is 0.769. The lowest BCUT2D eigenvalue weighted by atomic mass is 10.2. The summed E-state index contributed by atoms with van der Waals surface area (Å²) in [6, 6.07) is 8.44. The van der Waals surface area contributed by atoms with E-state index in [0.717, 1.165) is 18.0 Å². The van der Waals surface area contributed by atoms with Crippen LogP contribution in [0.5, 0.6) is 11.5 Å². The number of methoxy groups -OCH3 is 1. The SMILES string of the molecule is COc1cccc(OCCNC2CCCC2)c1. The fourth-order valence-corrected chi connectivity index (χ4v) is 2.25. The van der Waals surface area contributed by atoms with Crippen LogP contribution in [0.3, 0.4) is 0 Å². The summed E-state index contributed by atoms with van der Waals surface area (Å²) < 4.78 is 10.8. The molecule has 1 aromatic carbocycles. The number of benzene rings is 1. The minimum absolute atomic E-state index is 0.712. The summed E-state index contributed by atoms with van der Waals surface area (Å²) in [5.41, 5.74) is 0. The van der Waals surface area contributed by atoms with Gasteiger partial charge in [-0.15, -0.1) is 0 Å². The minimum Gasteiger partial charge on any atom is -0.497 e. The van der Waals surface area contributed by atoms with Gasteiger partial charge in [-0.3, -0.25) is 0 Å². The molecule has 0 aliphatic heterocycles. The molecule has 1 fully saturated rings. The van der Waals surface area contributed by atoms with Gasteiger partial charge in [0.1, 0.15) is 18.1 Å². The molecule has 0 saturated heterocycles. The zero-order valence-corrected chi connectivity index (χ0v) is 10.4. The summed E-state index contributed by atoms with van der Waals surface area (Å²) in [5.74, 6) is 1.71. The van der Waals surface area contributed by atoms with Crippen molar-refractivity contribution in [1.82, 2.24) is 5.32 Å². The number of nitrogens with one attached hydrogen (secondary N) is 1. The molecule has 0 aromatic heterocycles. The molecule has 0 atom stereocenters. The van der Waals surface area contributed by atoms with Crippen LogP contribution in [0.4, 0.5) is 0 Å². The Morgan fingerprint density at radius 3 is 2.76 bits per heavy atom. The summed E-state index contributed by atoms with van der Waals surface area (Å²) in [7, 11) is 1.67. The van der Waals surface area contributed by atoms with Crippen molar-refractivity contribution in [3.05, 3.63) is 24.3 Å². The maximum Gasteiger partial charge on any atom is 0.123 e. The van der Waals surface area contributed by atoms with Crippen molar-refractivity contribution in [2.75, 3.05) is 20.3 Å². The third-order valence-corrected chi connectivity index (χ3v) is 3.20. The highest BCUT2D eigenvalue weighted by atomic mass is 16.5. The third-order valence-electron chi connectivity index (χ3n) is 3.20. The molecule has 0 unspecified atom stereocenters. The lowest BCUT2D eigenvalue weighted by Gasteiger charge is -2.12. The monoisotopic (exact) mass is 235 g/mol. The topological polar surface area (TPSA) is 30.5 Å². The summed E-state index contributed by atoms with van der Waals surface area (Å²) in [6.45, 7) is 1.63. The van der Waals surface area contributed by atoms with Gasteiger partial charge in [0.2, 0.25) is 0 Å². The fourth-order valence-electron chi connectivity index (χ4n) is 2.25.